The van der Waals surface area contributed by atoms with Gasteiger partial charge in [0.2, 0.25) is 15.9 Å². The van der Waals surface area contributed by atoms with E-state index >= 15 is 0 Å². The second-order valence-corrected chi connectivity index (χ2v) is 10.1. The number of nitrogens with zero attached hydrogens (tertiary/aromatic N) is 3. The molecule has 2 aliphatic rings. The second kappa shape index (κ2) is 9.97. The number of halogens is 1. The van der Waals surface area contributed by atoms with Gasteiger partial charge in [0, 0.05) is 31.9 Å². The van der Waals surface area contributed by atoms with E-state index in [2.05, 4.69) is 6.08 Å². The summed E-state index contributed by atoms with van der Waals surface area (Å²) in [7, 11) is -3.68. The average Bonchev–Trinajstić information content (AvgIpc) is 3.32. The summed E-state index contributed by atoms with van der Waals surface area (Å²) in [5.41, 5.74) is 1.04. The summed E-state index contributed by atoms with van der Waals surface area (Å²) in [6.07, 6.45) is 7.78. The summed E-state index contributed by atoms with van der Waals surface area (Å²) in [6.45, 7) is 2.11. The molecule has 1 aromatic heterocycles. The normalized spacial score (nSPS) is 18.3. The number of hydrogen-bond acceptors (Lipinski definition) is 5. The van der Waals surface area contributed by atoms with Crippen molar-refractivity contribution >= 4 is 15.9 Å². The molecule has 1 fully saturated rings. The maximum atomic E-state index is 13.2. The molecule has 0 saturated carbocycles. The van der Waals surface area contributed by atoms with Crippen molar-refractivity contribution in [1.82, 2.24) is 14.1 Å². The fraction of sp³-hybridized carbons (Fsp3) is 0.435. The molecule has 0 atom stereocenters. The fourth-order valence-electron chi connectivity index (χ4n) is 4.13. The van der Waals surface area contributed by atoms with Crippen LogP contribution >= 0.6 is 0 Å². The minimum absolute atomic E-state index is 0.00982. The van der Waals surface area contributed by atoms with E-state index in [1.807, 2.05) is 17.0 Å². The lowest BCUT2D eigenvalue weighted by Crippen LogP contribution is -2.51. The number of sulfonamides is 1. The van der Waals surface area contributed by atoms with Gasteiger partial charge < -0.3 is 9.32 Å². The van der Waals surface area contributed by atoms with Crippen molar-refractivity contribution in [2.24, 2.45) is 0 Å². The van der Waals surface area contributed by atoms with E-state index in [-0.39, 0.29) is 30.4 Å². The molecule has 0 bridgehead atoms. The van der Waals surface area contributed by atoms with Crippen LogP contribution < -0.4 is 0 Å². The van der Waals surface area contributed by atoms with Crippen LogP contribution in [0, 0.1) is 5.82 Å². The minimum Gasteiger partial charge on any atom is -0.467 e. The number of benzene rings is 1. The molecule has 1 aromatic carbocycles. The quantitative estimate of drug-likeness (QED) is 0.633. The minimum atomic E-state index is -3.68. The van der Waals surface area contributed by atoms with E-state index in [0.717, 1.165) is 49.3 Å². The molecule has 0 spiro atoms. The standard InChI is InChI=1S/C23H28FN3O4S/c24-19-8-10-22(11-9-19)32(29,30)26-14-12-25(13-15-26)18-23(28)27(17-21-7-4-16-31-21)20-5-2-1-3-6-20/h4-5,7-11,16H,1-3,6,12-15,17-18H2. The van der Waals surface area contributed by atoms with Crippen LogP contribution in [0.15, 0.2) is 63.7 Å². The van der Waals surface area contributed by atoms with Gasteiger partial charge in [0.1, 0.15) is 11.6 Å². The van der Waals surface area contributed by atoms with Crippen molar-refractivity contribution in [1.29, 1.82) is 0 Å². The Morgan fingerprint density at radius 1 is 1.06 bits per heavy atom. The van der Waals surface area contributed by atoms with Gasteiger partial charge in [-0.1, -0.05) is 6.08 Å². The maximum absolute atomic E-state index is 13.2. The largest absolute Gasteiger partial charge is 0.467 e. The van der Waals surface area contributed by atoms with E-state index in [4.69, 9.17) is 4.42 Å². The molecule has 1 amide bonds. The predicted octanol–water partition coefficient (Wildman–Crippen LogP) is 3.21. The molecular formula is C23H28FN3O4S. The number of amides is 1. The first-order valence-corrected chi connectivity index (χ1v) is 12.4. The zero-order valence-electron chi connectivity index (χ0n) is 18.0. The van der Waals surface area contributed by atoms with Crippen LogP contribution in [-0.4, -0.2) is 61.2 Å². The van der Waals surface area contributed by atoms with Crippen molar-refractivity contribution < 1.29 is 22.0 Å². The average molecular weight is 462 g/mol. The Bertz CT molecular complexity index is 1040. The highest BCUT2D eigenvalue weighted by atomic mass is 32.2. The summed E-state index contributed by atoms with van der Waals surface area (Å²) < 4.78 is 45.6. The van der Waals surface area contributed by atoms with Gasteiger partial charge in [0.05, 0.1) is 24.2 Å². The van der Waals surface area contributed by atoms with Gasteiger partial charge in [0.25, 0.3) is 0 Å². The Hall–Kier alpha value is -2.49. The molecule has 32 heavy (non-hydrogen) atoms. The zero-order valence-corrected chi connectivity index (χ0v) is 18.8. The first kappa shape index (κ1) is 22.7. The SMILES string of the molecule is O=C(CN1CCN(S(=O)(=O)c2ccc(F)cc2)CC1)N(Cc1ccco1)C1=CCCCC1. The van der Waals surface area contributed by atoms with E-state index in [1.165, 1.54) is 16.4 Å². The molecule has 0 radical (unpaired) electrons. The van der Waals surface area contributed by atoms with Gasteiger partial charge in [-0.05, 0) is 62.1 Å². The zero-order chi connectivity index (χ0) is 22.6. The van der Waals surface area contributed by atoms with Gasteiger partial charge in [0.15, 0.2) is 0 Å². The number of rotatable bonds is 7. The number of carbonyl (C=O) groups is 1. The van der Waals surface area contributed by atoms with Crippen molar-refractivity contribution in [2.75, 3.05) is 32.7 Å². The summed E-state index contributed by atoms with van der Waals surface area (Å²) in [5, 5.41) is 0. The van der Waals surface area contributed by atoms with Crippen molar-refractivity contribution in [3.8, 4) is 0 Å². The third-order valence-electron chi connectivity index (χ3n) is 5.95. The molecule has 0 N–H and O–H groups in total. The number of piperazine rings is 1. The van der Waals surface area contributed by atoms with E-state index in [0.29, 0.717) is 19.6 Å². The van der Waals surface area contributed by atoms with Crippen LogP contribution in [0.2, 0.25) is 0 Å². The Kier molecular flexibility index (Phi) is 7.07. The van der Waals surface area contributed by atoms with Crippen LogP contribution in [0.5, 0.6) is 0 Å². The summed E-state index contributed by atoms with van der Waals surface area (Å²) in [4.78, 5) is 17.1. The van der Waals surface area contributed by atoms with Crippen LogP contribution in [0.25, 0.3) is 0 Å². The Morgan fingerprint density at radius 2 is 1.81 bits per heavy atom. The van der Waals surface area contributed by atoms with Crippen LogP contribution in [0.4, 0.5) is 4.39 Å². The summed E-state index contributed by atoms with van der Waals surface area (Å²) in [5.74, 6) is 0.254. The van der Waals surface area contributed by atoms with Gasteiger partial charge in [-0.15, -0.1) is 0 Å². The predicted molar refractivity (Wildman–Crippen MR) is 117 cm³/mol. The van der Waals surface area contributed by atoms with E-state index in [9.17, 15) is 17.6 Å². The van der Waals surface area contributed by atoms with Crippen molar-refractivity contribution in [2.45, 2.75) is 37.1 Å². The Labute approximate surface area is 188 Å². The second-order valence-electron chi connectivity index (χ2n) is 8.13. The van der Waals surface area contributed by atoms with Crippen LogP contribution in [0.1, 0.15) is 31.4 Å². The molecule has 172 valence electrons. The van der Waals surface area contributed by atoms with Crippen molar-refractivity contribution in [3.63, 3.8) is 0 Å². The summed E-state index contributed by atoms with van der Waals surface area (Å²) in [6, 6.07) is 8.54. The lowest BCUT2D eigenvalue weighted by Gasteiger charge is -2.35. The monoisotopic (exact) mass is 461 g/mol. The fourth-order valence-corrected chi connectivity index (χ4v) is 5.56. The Morgan fingerprint density at radius 3 is 2.44 bits per heavy atom. The highest BCUT2D eigenvalue weighted by Crippen LogP contribution is 2.24. The van der Waals surface area contributed by atoms with E-state index in [1.54, 1.807) is 11.2 Å². The first-order chi connectivity index (χ1) is 15.4. The van der Waals surface area contributed by atoms with Crippen LogP contribution in [-0.2, 0) is 21.4 Å². The molecule has 1 aliphatic carbocycles. The lowest BCUT2D eigenvalue weighted by atomic mass is 10.0. The van der Waals surface area contributed by atoms with Crippen LogP contribution in [0.3, 0.4) is 0 Å². The van der Waals surface area contributed by atoms with Gasteiger partial charge in [-0.25, -0.2) is 12.8 Å². The molecule has 1 saturated heterocycles. The molecule has 0 unspecified atom stereocenters. The number of allylic oxidation sites excluding steroid dienone is 2. The third kappa shape index (κ3) is 5.28. The molecule has 7 nitrogen and oxygen atoms in total. The Balaban J connectivity index is 1.38. The number of furan rings is 1. The molecule has 2 heterocycles. The third-order valence-corrected chi connectivity index (χ3v) is 7.86. The molecule has 1 aliphatic heterocycles. The lowest BCUT2D eigenvalue weighted by molar-refractivity contribution is -0.131. The molecule has 2 aromatic rings. The van der Waals surface area contributed by atoms with Gasteiger partial charge in [-0.3, -0.25) is 9.69 Å². The number of hydrogen-bond donors (Lipinski definition) is 0. The highest BCUT2D eigenvalue weighted by Gasteiger charge is 2.30. The van der Waals surface area contributed by atoms with Crippen molar-refractivity contribution in [3.05, 3.63) is 66.0 Å². The topological polar surface area (TPSA) is 74.1 Å². The van der Waals surface area contributed by atoms with Gasteiger partial charge >= 0.3 is 0 Å². The molecular weight excluding hydrogens is 433 g/mol. The molecule has 9 heteroatoms. The van der Waals surface area contributed by atoms with E-state index < -0.39 is 15.8 Å². The maximum Gasteiger partial charge on any atom is 0.243 e. The molecule has 4 rings (SSSR count). The smallest absolute Gasteiger partial charge is 0.243 e. The van der Waals surface area contributed by atoms with Gasteiger partial charge in [-0.2, -0.15) is 4.31 Å². The number of carbonyl (C=O) groups excluding carboxylic acids is 1. The first-order valence-electron chi connectivity index (χ1n) is 10.9. The highest BCUT2D eigenvalue weighted by molar-refractivity contribution is 7.89. The summed E-state index contributed by atoms with van der Waals surface area (Å²) >= 11 is 0.